The maximum atomic E-state index is 11.8. The first kappa shape index (κ1) is 14.1. The van der Waals surface area contributed by atoms with Crippen LogP contribution in [0.2, 0.25) is 0 Å². The lowest BCUT2D eigenvalue weighted by Gasteiger charge is -2.15. The Kier molecular flexibility index (Phi) is 5.40. The van der Waals surface area contributed by atoms with Crippen molar-refractivity contribution in [3.05, 3.63) is 0 Å². The summed E-state index contributed by atoms with van der Waals surface area (Å²) in [6.07, 6.45) is 3.33. The molecule has 0 aliphatic heterocycles. The second kappa shape index (κ2) is 6.12. The third kappa shape index (κ3) is 5.96. The number of nitrogens with one attached hydrogen (secondary N) is 1. The Bertz CT molecular complexity index is 207. The van der Waals surface area contributed by atoms with Crippen LogP contribution in [0.5, 0.6) is 0 Å². The SMILES string of the molecule is COCCC1(CNCCSC(F)(F)F)CC1. The predicted octanol–water partition coefficient (Wildman–Crippen LogP) is 2.65. The second-order valence-electron chi connectivity index (χ2n) is 4.21. The molecule has 1 N–H and O–H groups in total. The van der Waals surface area contributed by atoms with Crippen molar-refractivity contribution in [2.24, 2.45) is 5.41 Å². The van der Waals surface area contributed by atoms with Gasteiger partial charge in [-0.1, -0.05) is 0 Å². The molecule has 0 heterocycles. The molecule has 0 aromatic heterocycles. The molecule has 0 aromatic carbocycles. The van der Waals surface area contributed by atoms with E-state index in [1.165, 1.54) is 0 Å². The summed E-state index contributed by atoms with van der Waals surface area (Å²) in [5.74, 6) is 0.0872. The number of hydrogen-bond donors (Lipinski definition) is 1. The summed E-state index contributed by atoms with van der Waals surface area (Å²) in [5.41, 5.74) is -3.80. The van der Waals surface area contributed by atoms with Gasteiger partial charge in [0.1, 0.15) is 0 Å². The third-order valence-electron chi connectivity index (χ3n) is 2.84. The van der Waals surface area contributed by atoms with E-state index in [9.17, 15) is 13.2 Å². The first-order valence-corrected chi connectivity index (χ1v) is 6.36. The molecular formula is C10H18F3NOS. The Balaban J connectivity index is 1.99. The molecule has 96 valence electrons. The molecule has 1 saturated carbocycles. The summed E-state index contributed by atoms with van der Waals surface area (Å²) >= 11 is 0.0352. The summed E-state index contributed by atoms with van der Waals surface area (Å²) in [5, 5.41) is 3.09. The summed E-state index contributed by atoms with van der Waals surface area (Å²) in [6.45, 7) is 1.96. The average molecular weight is 257 g/mol. The average Bonchev–Trinajstić information content (AvgIpc) is 2.94. The van der Waals surface area contributed by atoms with Gasteiger partial charge in [0, 0.05) is 32.6 Å². The number of ether oxygens (including phenoxy) is 1. The molecule has 0 spiro atoms. The van der Waals surface area contributed by atoms with Crippen LogP contribution in [-0.4, -0.2) is 38.1 Å². The summed E-state index contributed by atoms with van der Waals surface area (Å²) in [7, 11) is 1.67. The summed E-state index contributed by atoms with van der Waals surface area (Å²) < 4.78 is 40.5. The minimum atomic E-state index is -4.10. The molecule has 0 atom stereocenters. The van der Waals surface area contributed by atoms with Crippen molar-refractivity contribution in [1.29, 1.82) is 0 Å². The van der Waals surface area contributed by atoms with Crippen LogP contribution >= 0.6 is 11.8 Å². The number of alkyl halides is 3. The van der Waals surface area contributed by atoms with Gasteiger partial charge in [-0.25, -0.2) is 0 Å². The molecule has 1 aliphatic rings. The number of hydrogen-bond acceptors (Lipinski definition) is 3. The van der Waals surface area contributed by atoms with Crippen molar-refractivity contribution in [2.75, 3.05) is 32.6 Å². The van der Waals surface area contributed by atoms with E-state index in [0.29, 0.717) is 12.0 Å². The van der Waals surface area contributed by atoms with Crippen LogP contribution in [0.15, 0.2) is 0 Å². The van der Waals surface area contributed by atoms with Gasteiger partial charge in [0.25, 0.3) is 0 Å². The smallest absolute Gasteiger partial charge is 0.385 e. The van der Waals surface area contributed by atoms with Gasteiger partial charge in [-0.05, 0) is 36.4 Å². The minimum Gasteiger partial charge on any atom is -0.385 e. The fourth-order valence-electron chi connectivity index (χ4n) is 1.60. The monoisotopic (exact) mass is 257 g/mol. The zero-order chi connectivity index (χ0) is 12.1. The van der Waals surface area contributed by atoms with Gasteiger partial charge in [-0.2, -0.15) is 13.2 Å². The van der Waals surface area contributed by atoms with Gasteiger partial charge in [0.15, 0.2) is 0 Å². The lowest BCUT2D eigenvalue weighted by atomic mass is 10.0. The summed E-state index contributed by atoms with van der Waals surface area (Å²) in [4.78, 5) is 0. The highest BCUT2D eigenvalue weighted by Crippen LogP contribution is 2.48. The summed E-state index contributed by atoms with van der Waals surface area (Å²) in [6, 6.07) is 0. The second-order valence-corrected chi connectivity index (χ2v) is 5.37. The van der Waals surface area contributed by atoms with E-state index in [4.69, 9.17) is 4.74 Å². The molecule has 0 radical (unpaired) electrons. The fourth-order valence-corrected chi connectivity index (χ4v) is 2.08. The van der Waals surface area contributed by atoms with Gasteiger partial charge in [0.05, 0.1) is 0 Å². The van der Waals surface area contributed by atoms with E-state index in [1.54, 1.807) is 7.11 Å². The Morgan fingerprint density at radius 3 is 2.56 bits per heavy atom. The Hall–Kier alpha value is 0.0600. The van der Waals surface area contributed by atoms with Crippen molar-refractivity contribution in [3.63, 3.8) is 0 Å². The van der Waals surface area contributed by atoms with Gasteiger partial charge in [0.2, 0.25) is 0 Å². The number of methoxy groups -OCH3 is 1. The molecule has 1 rings (SSSR count). The third-order valence-corrected chi connectivity index (χ3v) is 3.57. The zero-order valence-electron chi connectivity index (χ0n) is 9.40. The fraction of sp³-hybridized carbons (Fsp3) is 1.00. The molecule has 0 bridgehead atoms. The highest BCUT2D eigenvalue weighted by Gasteiger charge is 2.41. The molecule has 6 heteroatoms. The first-order valence-electron chi connectivity index (χ1n) is 5.38. The van der Waals surface area contributed by atoms with Crippen LogP contribution in [-0.2, 0) is 4.74 Å². The Morgan fingerprint density at radius 1 is 1.38 bits per heavy atom. The first-order chi connectivity index (χ1) is 7.47. The maximum Gasteiger partial charge on any atom is 0.441 e. The number of halogens is 3. The highest BCUT2D eigenvalue weighted by atomic mass is 32.2. The van der Waals surface area contributed by atoms with Gasteiger partial charge >= 0.3 is 5.51 Å². The highest BCUT2D eigenvalue weighted by molar-refractivity contribution is 8.00. The molecular weight excluding hydrogens is 239 g/mol. The van der Waals surface area contributed by atoms with E-state index in [0.717, 1.165) is 32.4 Å². The van der Waals surface area contributed by atoms with Crippen molar-refractivity contribution < 1.29 is 17.9 Å². The maximum absolute atomic E-state index is 11.8. The van der Waals surface area contributed by atoms with Gasteiger partial charge < -0.3 is 10.1 Å². The standard InChI is InChI=1S/C10H18F3NOS/c1-15-6-4-9(2-3-9)8-14-5-7-16-10(11,12)13/h14H,2-8H2,1H3. The predicted molar refractivity (Wildman–Crippen MR) is 59.5 cm³/mol. The molecule has 16 heavy (non-hydrogen) atoms. The number of rotatable bonds is 8. The lowest BCUT2D eigenvalue weighted by molar-refractivity contribution is -0.0327. The largest absolute Gasteiger partial charge is 0.441 e. The van der Waals surface area contributed by atoms with Crippen molar-refractivity contribution in [1.82, 2.24) is 5.32 Å². The van der Waals surface area contributed by atoms with Crippen LogP contribution in [0.3, 0.4) is 0 Å². The molecule has 1 fully saturated rings. The molecule has 2 nitrogen and oxygen atoms in total. The molecule has 0 saturated heterocycles. The number of thioether (sulfide) groups is 1. The minimum absolute atomic E-state index is 0.0352. The quantitative estimate of drug-likeness (QED) is 0.675. The van der Waals surface area contributed by atoms with Crippen LogP contribution < -0.4 is 5.32 Å². The van der Waals surface area contributed by atoms with Gasteiger partial charge in [-0.3, -0.25) is 0 Å². The normalized spacial score (nSPS) is 18.8. The van der Waals surface area contributed by atoms with Crippen LogP contribution in [0.1, 0.15) is 19.3 Å². The van der Waals surface area contributed by atoms with Crippen LogP contribution in [0.25, 0.3) is 0 Å². The lowest BCUT2D eigenvalue weighted by Crippen LogP contribution is -2.27. The van der Waals surface area contributed by atoms with E-state index >= 15 is 0 Å². The van der Waals surface area contributed by atoms with Crippen LogP contribution in [0, 0.1) is 5.41 Å². The Labute approximate surface area is 98.3 Å². The van der Waals surface area contributed by atoms with Crippen molar-refractivity contribution in [2.45, 2.75) is 24.8 Å². The van der Waals surface area contributed by atoms with E-state index in [-0.39, 0.29) is 17.5 Å². The van der Waals surface area contributed by atoms with Crippen LogP contribution in [0.4, 0.5) is 13.2 Å². The zero-order valence-corrected chi connectivity index (χ0v) is 10.2. The van der Waals surface area contributed by atoms with E-state index in [2.05, 4.69) is 5.32 Å². The van der Waals surface area contributed by atoms with E-state index in [1.807, 2.05) is 0 Å². The topological polar surface area (TPSA) is 21.3 Å². The van der Waals surface area contributed by atoms with Crippen molar-refractivity contribution >= 4 is 11.8 Å². The molecule has 0 amide bonds. The van der Waals surface area contributed by atoms with E-state index < -0.39 is 5.51 Å². The molecule has 0 aromatic rings. The molecule has 0 unspecified atom stereocenters. The van der Waals surface area contributed by atoms with Crippen molar-refractivity contribution in [3.8, 4) is 0 Å². The Morgan fingerprint density at radius 2 is 2.06 bits per heavy atom. The van der Waals surface area contributed by atoms with Gasteiger partial charge in [-0.15, -0.1) is 0 Å². The molecule has 1 aliphatic carbocycles.